The normalized spacial score (nSPS) is 12.8. The molecule has 8 heteroatoms. The molecule has 2 N–H and O–H groups in total. The highest BCUT2D eigenvalue weighted by molar-refractivity contribution is 7.92. The van der Waals surface area contributed by atoms with Gasteiger partial charge in [-0.3, -0.25) is 9.52 Å². The van der Waals surface area contributed by atoms with Crippen LogP contribution in [0.4, 0.5) is 11.4 Å². The molecule has 0 radical (unpaired) electrons. The molecule has 0 saturated heterocycles. The second kappa shape index (κ2) is 7.84. The fraction of sp³-hybridized carbons (Fsp3) is 0.0952. The van der Waals surface area contributed by atoms with Gasteiger partial charge in [0.15, 0.2) is 11.5 Å². The van der Waals surface area contributed by atoms with Crippen LogP contribution in [-0.2, 0) is 10.0 Å². The van der Waals surface area contributed by atoms with Crippen molar-refractivity contribution in [3.63, 3.8) is 0 Å². The Labute approximate surface area is 168 Å². The Bertz CT molecular complexity index is 1130. The second-order valence-corrected chi connectivity index (χ2v) is 7.99. The summed E-state index contributed by atoms with van der Waals surface area (Å²) in [4.78, 5) is 12.6. The number of carbonyl (C=O) groups excluding carboxylic acids is 1. The van der Waals surface area contributed by atoms with Crippen molar-refractivity contribution < 1.29 is 22.7 Å². The molecule has 1 amide bonds. The van der Waals surface area contributed by atoms with Gasteiger partial charge in [-0.25, -0.2) is 8.42 Å². The lowest BCUT2D eigenvalue weighted by Crippen LogP contribution is -2.16. The number of ether oxygens (including phenoxy) is 2. The third-order valence-electron chi connectivity index (χ3n) is 4.25. The number of hydrogen-bond donors (Lipinski definition) is 2. The maximum Gasteiger partial charge on any atom is 0.261 e. The summed E-state index contributed by atoms with van der Waals surface area (Å²) in [6.45, 7) is 0.962. The van der Waals surface area contributed by atoms with Crippen LogP contribution in [0, 0.1) is 0 Å². The Hall–Kier alpha value is -3.52. The Balaban J connectivity index is 1.44. The summed E-state index contributed by atoms with van der Waals surface area (Å²) in [7, 11) is -3.68. The minimum atomic E-state index is -3.68. The predicted molar refractivity (Wildman–Crippen MR) is 109 cm³/mol. The number of carbonyl (C=O) groups is 1. The Morgan fingerprint density at radius 2 is 1.45 bits per heavy atom. The van der Waals surface area contributed by atoms with Gasteiger partial charge in [0.05, 0.1) is 4.90 Å². The molecule has 0 aromatic heterocycles. The van der Waals surface area contributed by atoms with Crippen LogP contribution in [0.5, 0.6) is 11.5 Å². The Morgan fingerprint density at radius 1 is 0.793 bits per heavy atom. The molecule has 3 aromatic rings. The lowest BCUT2D eigenvalue weighted by atomic mass is 10.2. The maximum absolute atomic E-state index is 12.5. The van der Waals surface area contributed by atoms with Gasteiger partial charge in [-0.1, -0.05) is 18.2 Å². The molecular formula is C21H18N2O5S. The van der Waals surface area contributed by atoms with Gasteiger partial charge in [0, 0.05) is 23.0 Å². The minimum Gasteiger partial charge on any atom is -0.486 e. The number of sulfonamides is 1. The molecule has 7 nitrogen and oxygen atoms in total. The number of rotatable bonds is 5. The van der Waals surface area contributed by atoms with Crippen LogP contribution in [0.1, 0.15) is 10.4 Å². The SMILES string of the molecule is O=C(Nc1ccc2c(c1)OCCO2)c1ccc(NS(=O)(=O)c2ccccc2)cc1. The van der Waals surface area contributed by atoms with E-state index in [1.54, 1.807) is 60.7 Å². The largest absolute Gasteiger partial charge is 0.486 e. The van der Waals surface area contributed by atoms with E-state index in [1.807, 2.05) is 0 Å². The van der Waals surface area contributed by atoms with Crippen molar-refractivity contribution in [2.75, 3.05) is 23.3 Å². The van der Waals surface area contributed by atoms with E-state index in [1.165, 1.54) is 12.1 Å². The topological polar surface area (TPSA) is 93.7 Å². The second-order valence-electron chi connectivity index (χ2n) is 6.31. The molecule has 0 unspecified atom stereocenters. The molecular weight excluding hydrogens is 392 g/mol. The van der Waals surface area contributed by atoms with Crippen LogP contribution in [-0.4, -0.2) is 27.5 Å². The molecule has 3 aromatic carbocycles. The van der Waals surface area contributed by atoms with Crippen molar-refractivity contribution >= 4 is 27.3 Å². The zero-order valence-electron chi connectivity index (χ0n) is 15.3. The van der Waals surface area contributed by atoms with E-state index in [2.05, 4.69) is 10.0 Å². The van der Waals surface area contributed by atoms with E-state index >= 15 is 0 Å². The summed E-state index contributed by atoms with van der Waals surface area (Å²) in [6.07, 6.45) is 0. The highest BCUT2D eigenvalue weighted by Crippen LogP contribution is 2.32. The van der Waals surface area contributed by atoms with Crippen LogP contribution in [0.3, 0.4) is 0 Å². The van der Waals surface area contributed by atoms with Crippen molar-refractivity contribution in [1.82, 2.24) is 0 Å². The summed E-state index contributed by atoms with van der Waals surface area (Å²) >= 11 is 0. The molecule has 0 aliphatic carbocycles. The van der Waals surface area contributed by atoms with Crippen molar-refractivity contribution in [1.29, 1.82) is 0 Å². The van der Waals surface area contributed by atoms with Crippen LogP contribution in [0.25, 0.3) is 0 Å². The maximum atomic E-state index is 12.5. The quantitative estimate of drug-likeness (QED) is 0.671. The summed E-state index contributed by atoms with van der Waals surface area (Å²) in [6, 6.07) is 19.4. The highest BCUT2D eigenvalue weighted by atomic mass is 32.2. The van der Waals surface area contributed by atoms with Crippen LogP contribution < -0.4 is 19.5 Å². The standard InChI is InChI=1S/C21H18N2O5S/c24-21(22-17-10-11-19-20(14-17)28-13-12-27-19)15-6-8-16(9-7-15)23-29(25,26)18-4-2-1-3-5-18/h1-11,14,23H,12-13H2,(H,22,24). The smallest absolute Gasteiger partial charge is 0.261 e. The van der Waals surface area contributed by atoms with Gasteiger partial charge in [0.25, 0.3) is 15.9 Å². The first-order valence-corrected chi connectivity index (χ1v) is 10.4. The van der Waals surface area contributed by atoms with E-state index in [9.17, 15) is 13.2 Å². The summed E-state index contributed by atoms with van der Waals surface area (Å²) in [5.74, 6) is 0.906. The molecule has 1 aliphatic rings. The predicted octanol–water partition coefficient (Wildman–Crippen LogP) is 3.51. The van der Waals surface area contributed by atoms with E-state index in [4.69, 9.17) is 9.47 Å². The summed E-state index contributed by atoms with van der Waals surface area (Å²) in [5, 5.41) is 2.79. The molecule has 0 spiro atoms. The van der Waals surface area contributed by atoms with Crippen molar-refractivity contribution in [2.24, 2.45) is 0 Å². The third-order valence-corrected chi connectivity index (χ3v) is 5.65. The highest BCUT2D eigenvalue weighted by Gasteiger charge is 2.15. The van der Waals surface area contributed by atoms with Crippen LogP contribution >= 0.6 is 0 Å². The van der Waals surface area contributed by atoms with E-state index in [0.29, 0.717) is 41.7 Å². The number of amides is 1. The lowest BCUT2D eigenvalue weighted by molar-refractivity contribution is 0.102. The Morgan fingerprint density at radius 3 is 2.17 bits per heavy atom. The van der Waals surface area contributed by atoms with Gasteiger partial charge in [-0.05, 0) is 48.5 Å². The molecule has 4 rings (SSSR count). The van der Waals surface area contributed by atoms with Crippen molar-refractivity contribution in [3.05, 3.63) is 78.4 Å². The van der Waals surface area contributed by atoms with Crippen LogP contribution in [0.15, 0.2) is 77.7 Å². The van der Waals surface area contributed by atoms with Gasteiger partial charge in [0.2, 0.25) is 0 Å². The van der Waals surface area contributed by atoms with Crippen molar-refractivity contribution in [3.8, 4) is 11.5 Å². The van der Waals surface area contributed by atoms with E-state index in [0.717, 1.165) is 0 Å². The van der Waals surface area contributed by atoms with E-state index in [-0.39, 0.29) is 10.8 Å². The fourth-order valence-electron chi connectivity index (χ4n) is 2.83. The lowest BCUT2D eigenvalue weighted by Gasteiger charge is -2.19. The number of benzene rings is 3. The number of fused-ring (bicyclic) bond motifs is 1. The van der Waals surface area contributed by atoms with Gasteiger partial charge in [-0.2, -0.15) is 0 Å². The monoisotopic (exact) mass is 410 g/mol. The molecule has 1 aliphatic heterocycles. The summed E-state index contributed by atoms with van der Waals surface area (Å²) in [5.41, 5.74) is 1.33. The summed E-state index contributed by atoms with van der Waals surface area (Å²) < 4.78 is 38.2. The minimum absolute atomic E-state index is 0.167. The van der Waals surface area contributed by atoms with Gasteiger partial charge >= 0.3 is 0 Å². The van der Waals surface area contributed by atoms with Crippen molar-refractivity contribution in [2.45, 2.75) is 4.90 Å². The van der Waals surface area contributed by atoms with Gasteiger partial charge in [-0.15, -0.1) is 0 Å². The number of anilines is 2. The zero-order valence-corrected chi connectivity index (χ0v) is 16.1. The zero-order chi connectivity index (χ0) is 20.3. The number of nitrogens with one attached hydrogen (secondary N) is 2. The molecule has 0 bridgehead atoms. The number of hydrogen-bond acceptors (Lipinski definition) is 5. The first-order chi connectivity index (χ1) is 14.0. The Kier molecular flexibility index (Phi) is 5.09. The third kappa shape index (κ3) is 4.33. The molecule has 0 fully saturated rings. The molecule has 0 saturated carbocycles. The molecule has 29 heavy (non-hydrogen) atoms. The average Bonchev–Trinajstić information content (AvgIpc) is 2.74. The molecule has 1 heterocycles. The van der Waals surface area contributed by atoms with E-state index < -0.39 is 10.0 Å². The molecule has 148 valence electrons. The molecule has 0 atom stereocenters. The fourth-order valence-corrected chi connectivity index (χ4v) is 3.91. The van der Waals surface area contributed by atoms with Gasteiger partial charge in [0.1, 0.15) is 13.2 Å². The van der Waals surface area contributed by atoms with Crippen LogP contribution in [0.2, 0.25) is 0 Å². The first-order valence-electron chi connectivity index (χ1n) is 8.90. The first kappa shape index (κ1) is 18.8. The van der Waals surface area contributed by atoms with Gasteiger partial charge < -0.3 is 14.8 Å². The average molecular weight is 410 g/mol.